The van der Waals surface area contributed by atoms with Gasteiger partial charge < -0.3 is 5.73 Å². The second-order valence-corrected chi connectivity index (χ2v) is 4.78. The number of thiophene rings is 1. The van der Waals surface area contributed by atoms with E-state index in [9.17, 15) is 0 Å². The summed E-state index contributed by atoms with van der Waals surface area (Å²) in [7, 11) is 0. The molecule has 2 N–H and O–H groups in total. The minimum absolute atomic E-state index is 0.781. The zero-order valence-electron chi connectivity index (χ0n) is 8.42. The van der Waals surface area contributed by atoms with Gasteiger partial charge >= 0.3 is 0 Å². The van der Waals surface area contributed by atoms with E-state index in [1.54, 1.807) is 0 Å². The Balaban J connectivity index is 2.45. The van der Waals surface area contributed by atoms with Crippen molar-refractivity contribution >= 4 is 21.4 Å². The standard InChI is InChI=1S/C12H15NS/c1-9-10(6-4-8-13)11-5-2-3-7-12(11)14-9/h2-3,5,7H,4,6,8,13H2,1H3. The van der Waals surface area contributed by atoms with Crippen LogP contribution < -0.4 is 5.73 Å². The minimum atomic E-state index is 0.781. The maximum absolute atomic E-state index is 5.54. The van der Waals surface area contributed by atoms with Crippen molar-refractivity contribution in [1.82, 2.24) is 0 Å². The third-order valence-electron chi connectivity index (χ3n) is 2.53. The van der Waals surface area contributed by atoms with E-state index >= 15 is 0 Å². The van der Waals surface area contributed by atoms with Crippen molar-refractivity contribution < 1.29 is 0 Å². The quantitative estimate of drug-likeness (QED) is 0.818. The van der Waals surface area contributed by atoms with Gasteiger partial charge in [-0.2, -0.15) is 0 Å². The first-order chi connectivity index (χ1) is 6.83. The van der Waals surface area contributed by atoms with E-state index in [4.69, 9.17) is 5.73 Å². The predicted molar refractivity (Wildman–Crippen MR) is 63.9 cm³/mol. The fraction of sp³-hybridized carbons (Fsp3) is 0.333. The fourth-order valence-electron chi connectivity index (χ4n) is 1.81. The SMILES string of the molecule is Cc1sc2ccccc2c1CCCN. The minimum Gasteiger partial charge on any atom is -0.330 e. The Bertz CT molecular complexity index is 431. The van der Waals surface area contributed by atoms with E-state index in [0.717, 1.165) is 19.4 Å². The summed E-state index contributed by atoms with van der Waals surface area (Å²) in [6.07, 6.45) is 2.20. The Morgan fingerprint density at radius 2 is 2.07 bits per heavy atom. The van der Waals surface area contributed by atoms with Crippen molar-refractivity contribution in [1.29, 1.82) is 0 Å². The molecule has 2 aromatic rings. The number of rotatable bonds is 3. The molecule has 2 heteroatoms. The molecule has 0 atom stereocenters. The molecule has 0 aliphatic carbocycles. The summed E-state index contributed by atoms with van der Waals surface area (Å²) in [5, 5.41) is 1.42. The summed E-state index contributed by atoms with van der Waals surface area (Å²) in [4.78, 5) is 1.44. The molecule has 0 saturated heterocycles. The van der Waals surface area contributed by atoms with Gasteiger partial charge in [-0.05, 0) is 43.3 Å². The van der Waals surface area contributed by atoms with Crippen LogP contribution >= 0.6 is 11.3 Å². The average Bonchev–Trinajstić information content (AvgIpc) is 2.51. The van der Waals surface area contributed by atoms with E-state index in [-0.39, 0.29) is 0 Å². The highest BCUT2D eigenvalue weighted by Gasteiger charge is 2.06. The molecule has 0 aliphatic rings. The van der Waals surface area contributed by atoms with Crippen LogP contribution in [0.15, 0.2) is 24.3 Å². The molecule has 1 aromatic heterocycles. The molecular weight excluding hydrogens is 190 g/mol. The second-order valence-electron chi connectivity index (χ2n) is 3.53. The Morgan fingerprint density at radius 1 is 1.29 bits per heavy atom. The third-order valence-corrected chi connectivity index (χ3v) is 3.66. The maximum Gasteiger partial charge on any atom is 0.0348 e. The third kappa shape index (κ3) is 1.68. The van der Waals surface area contributed by atoms with Gasteiger partial charge in [-0.3, -0.25) is 0 Å². The van der Waals surface area contributed by atoms with Crippen LogP contribution in [0.5, 0.6) is 0 Å². The van der Waals surface area contributed by atoms with Crippen LogP contribution in [-0.2, 0) is 6.42 Å². The molecule has 0 bridgehead atoms. The van der Waals surface area contributed by atoms with E-state index in [1.807, 2.05) is 11.3 Å². The van der Waals surface area contributed by atoms with Crippen molar-refractivity contribution in [3.8, 4) is 0 Å². The lowest BCUT2D eigenvalue weighted by Crippen LogP contribution is -2.00. The van der Waals surface area contributed by atoms with Gasteiger partial charge in [-0.15, -0.1) is 11.3 Å². The van der Waals surface area contributed by atoms with Crippen molar-refractivity contribution in [2.24, 2.45) is 5.73 Å². The molecule has 0 fully saturated rings. The van der Waals surface area contributed by atoms with Crippen molar-refractivity contribution in [3.05, 3.63) is 34.7 Å². The molecule has 2 rings (SSSR count). The molecule has 0 amide bonds. The monoisotopic (exact) mass is 205 g/mol. The number of benzene rings is 1. The molecule has 0 saturated carbocycles. The number of nitrogens with two attached hydrogens (primary N) is 1. The van der Waals surface area contributed by atoms with Crippen LogP contribution in [0.3, 0.4) is 0 Å². The molecule has 1 aromatic carbocycles. The van der Waals surface area contributed by atoms with Gasteiger partial charge in [0.25, 0.3) is 0 Å². The molecular formula is C12H15NS. The molecule has 74 valence electrons. The van der Waals surface area contributed by atoms with Crippen LogP contribution in [0.4, 0.5) is 0 Å². The highest BCUT2D eigenvalue weighted by Crippen LogP contribution is 2.31. The van der Waals surface area contributed by atoms with E-state index in [2.05, 4.69) is 31.2 Å². The number of aryl methyl sites for hydroxylation is 2. The second kappa shape index (κ2) is 4.11. The summed E-state index contributed by atoms with van der Waals surface area (Å²) in [5.41, 5.74) is 7.04. The zero-order chi connectivity index (χ0) is 9.97. The summed E-state index contributed by atoms with van der Waals surface area (Å²) < 4.78 is 1.40. The molecule has 14 heavy (non-hydrogen) atoms. The molecule has 1 nitrogen and oxygen atoms in total. The first kappa shape index (κ1) is 9.69. The van der Waals surface area contributed by atoms with Gasteiger partial charge in [0.05, 0.1) is 0 Å². The Hall–Kier alpha value is -0.860. The first-order valence-corrected chi connectivity index (χ1v) is 5.81. The first-order valence-electron chi connectivity index (χ1n) is 5.00. The summed E-state index contributed by atoms with van der Waals surface area (Å²) in [6.45, 7) is 2.99. The largest absolute Gasteiger partial charge is 0.330 e. The lowest BCUT2D eigenvalue weighted by molar-refractivity contribution is 0.835. The van der Waals surface area contributed by atoms with Gasteiger partial charge in [0.1, 0.15) is 0 Å². The number of hydrogen-bond acceptors (Lipinski definition) is 2. The number of hydrogen-bond donors (Lipinski definition) is 1. The van der Waals surface area contributed by atoms with E-state index in [1.165, 1.54) is 20.5 Å². The van der Waals surface area contributed by atoms with Crippen molar-refractivity contribution in [3.63, 3.8) is 0 Å². The molecule has 1 heterocycles. The lowest BCUT2D eigenvalue weighted by atomic mass is 10.1. The maximum atomic E-state index is 5.54. The number of fused-ring (bicyclic) bond motifs is 1. The van der Waals surface area contributed by atoms with Crippen LogP contribution in [0, 0.1) is 6.92 Å². The van der Waals surface area contributed by atoms with Crippen LogP contribution in [0.25, 0.3) is 10.1 Å². The Morgan fingerprint density at radius 3 is 2.86 bits per heavy atom. The van der Waals surface area contributed by atoms with E-state index in [0.29, 0.717) is 0 Å². The highest BCUT2D eigenvalue weighted by molar-refractivity contribution is 7.19. The summed E-state index contributed by atoms with van der Waals surface area (Å²) >= 11 is 1.89. The van der Waals surface area contributed by atoms with Crippen LogP contribution in [-0.4, -0.2) is 6.54 Å². The molecule has 0 aliphatic heterocycles. The predicted octanol–water partition coefficient (Wildman–Crippen LogP) is 3.10. The summed E-state index contributed by atoms with van der Waals surface area (Å²) in [5.74, 6) is 0. The van der Waals surface area contributed by atoms with Crippen LogP contribution in [0.2, 0.25) is 0 Å². The Labute approximate surface area is 88.6 Å². The molecule has 0 spiro atoms. The lowest BCUT2D eigenvalue weighted by Gasteiger charge is -1.99. The van der Waals surface area contributed by atoms with Gasteiger partial charge in [0, 0.05) is 9.58 Å². The normalized spacial score (nSPS) is 11.0. The van der Waals surface area contributed by atoms with Crippen molar-refractivity contribution in [2.45, 2.75) is 19.8 Å². The van der Waals surface area contributed by atoms with Crippen LogP contribution in [0.1, 0.15) is 16.9 Å². The smallest absolute Gasteiger partial charge is 0.0348 e. The highest BCUT2D eigenvalue weighted by atomic mass is 32.1. The van der Waals surface area contributed by atoms with Gasteiger partial charge in [-0.25, -0.2) is 0 Å². The van der Waals surface area contributed by atoms with Gasteiger partial charge in [0.15, 0.2) is 0 Å². The zero-order valence-corrected chi connectivity index (χ0v) is 9.23. The van der Waals surface area contributed by atoms with Crippen molar-refractivity contribution in [2.75, 3.05) is 6.54 Å². The molecule has 0 radical (unpaired) electrons. The topological polar surface area (TPSA) is 26.0 Å². The van der Waals surface area contributed by atoms with Gasteiger partial charge in [0.2, 0.25) is 0 Å². The molecule has 0 unspecified atom stereocenters. The summed E-state index contributed by atoms with van der Waals surface area (Å²) in [6, 6.07) is 8.62. The van der Waals surface area contributed by atoms with Gasteiger partial charge in [-0.1, -0.05) is 18.2 Å². The Kier molecular flexibility index (Phi) is 2.85. The fourth-order valence-corrected chi connectivity index (χ4v) is 2.92. The average molecular weight is 205 g/mol. The van der Waals surface area contributed by atoms with E-state index < -0.39 is 0 Å².